The van der Waals surface area contributed by atoms with E-state index in [0.717, 1.165) is 6.42 Å². The Morgan fingerprint density at radius 1 is 0.648 bits per heavy atom. The summed E-state index contributed by atoms with van der Waals surface area (Å²) in [7, 11) is 0. The van der Waals surface area contributed by atoms with Gasteiger partial charge < -0.3 is 0 Å². The van der Waals surface area contributed by atoms with Crippen molar-refractivity contribution >= 4 is 29.0 Å². The first-order chi connectivity index (χ1) is 25.2. The zero-order valence-corrected chi connectivity index (χ0v) is 36.5. The fourth-order valence-electron chi connectivity index (χ4n) is 5.87. The van der Waals surface area contributed by atoms with E-state index in [0.29, 0.717) is 11.3 Å². The molecule has 0 amide bonds. The second-order valence-corrected chi connectivity index (χ2v) is 13.9. The van der Waals surface area contributed by atoms with E-state index in [1.54, 1.807) is 0 Å². The molecule has 0 saturated carbocycles. The summed E-state index contributed by atoms with van der Waals surface area (Å²) in [6.45, 7) is 13.1. The van der Waals surface area contributed by atoms with Crippen molar-refractivity contribution in [3.8, 4) is 33.4 Å². The molecule has 0 fully saturated rings. The minimum absolute atomic E-state index is 0. The van der Waals surface area contributed by atoms with Crippen LogP contribution in [0.2, 0.25) is 0 Å². The predicted octanol–water partition coefficient (Wildman–Crippen LogP) is 14.1. The maximum absolute atomic E-state index is 3.65. The Bertz CT molecular complexity index is 1890. The van der Waals surface area contributed by atoms with Crippen LogP contribution in [-0.2, 0) is 30.7 Å². The standard InChI is InChI=1S/C25H17.C11H17.2C7H7.CH2.2ClH.Zr/c1-3-7-18(8-4-1)20-11-13-24-22(15-20)17-23-16-21(12-14-25(23)24)19-9-5-2-6-10-19;1-5-9-6-7-10(8-9)11(2,3)4;2*1-7-5-3-2-4-6-7;;;;/h1-15H,17H2;7-9H,5H2,1-4H3;2*3-6H,1H3;1H2;2*1H;/q4*-1;;;;. The number of hydrogen-bond donors (Lipinski definition) is 0. The zero-order chi connectivity index (χ0) is 37.3. The molecule has 0 radical (unpaired) electrons. The van der Waals surface area contributed by atoms with Crippen LogP contribution in [0.4, 0.5) is 0 Å². The van der Waals surface area contributed by atoms with E-state index in [2.05, 4.69) is 173 Å². The molecule has 8 rings (SSSR count). The van der Waals surface area contributed by atoms with Crippen LogP contribution in [0.5, 0.6) is 0 Å². The SMILES string of the molecule is CCC1[C-]=CC(C(C)(C)C)=C1.Cc1cc[c-]cc1.Cc1cc[c-]cc1.Cl.Cl.[CH2]=[Zr].[c-]1c(-c2ccccc2)ccc2c1Cc1cc(-c3ccccc3)ccc1-2. The smallest absolute Gasteiger partial charge is 0.0181 e. The van der Waals surface area contributed by atoms with Gasteiger partial charge in [0.05, 0.1) is 0 Å². The van der Waals surface area contributed by atoms with Crippen LogP contribution in [0.25, 0.3) is 33.4 Å². The van der Waals surface area contributed by atoms with Crippen molar-refractivity contribution in [2.45, 2.75) is 54.4 Å². The average molecular weight is 827 g/mol. The normalized spacial score (nSPS) is 12.7. The molecule has 3 heteroatoms. The van der Waals surface area contributed by atoms with Crippen LogP contribution >= 0.6 is 24.8 Å². The van der Waals surface area contributed by atoms with Gasteiger partial charge >= 0.3 is 28.4 Å². The van der Waals surface area contributed by atoms with Crippen LogP contribution in [-0.4, -0.2) is 4.21 Å². The second kappa shape index (κ2) is 23.8. The number of hydrogen-bond acceptors (Lipinski definition) is 0. The van der Waals surface area contributed by atoms with E-state index < -0.39 is 0 Å². The number of fused-ring (bicyclic) bond motifs is 3. The molecule has 6 aromatic carbocycles. The summed E-state index contributed by atoms with van der Waals surface area (Å²) in [4.78, 5) is 0. The second-order valence-electron chi connectivity index (χ2n) is 13.9. The van der Waals surface area contributed by atoms with Crippen molar-refractivity contribution in [3.05, 3.63) is 204 Å². The Balaban J connectivity index is 0.000000288. The molecular weight excluding hydrogens is 775 g/mol. The fourth-order valence-corrected chi connectivity index (χ4v) is 5.87. The van der Waals surface area contributed by atoms with Crippen LogP contribution in [0.3, 0.4) is 0 Å². The molecule has 0 nitrogen and oxygen atoms in total. The molecule has 0 aliphatic heterocycles. The van der Waals surface area contributed by atoms with E-state index in [-0.39, 0.29) is 24.8 Å². The maximum Gasteiger partial charge on any atom is -0.0181 e. The molecule has 2 aliphatic carbocycles. The summed E-state index contributed by atoms with van der Waals surface area (Å²) in [5.74, 6) is 0.573. The minimum atomic E-state index is 0. The molecule has 0 saturated heterocycles. The van der Waals surface area contributed by atoms with Gasteiger partial charge in [-0.1, -0.05) is 155 Å². The van der Waals surface area contributed by atoms with Crippen molar-refractivity contribution in [2.75, 3.05) is 0 Å². The van der Waals surface area contributed by atoms with Gasteiger partial charge in [-0.15, -0.1) is 54.1 Å². The molecule has 0 bridgehead atoms. The van der Waals surface area contributed by atoms with Crippen LogP contribution in [0.1, 0.15) is 56.4 Å². The van der Waals surface area contributed by atoms with Gasteiger partial charge in [-0.3, -0.25) is 6.08 Å². The number of halogens is 2. The van der Waals surface area contributed by atoms with E-state index >= 15 is 0 Å². The zero-order valence-electron chi connectivity index (χ0n) is 32.4. The summed E-state index contributed by atoms with van der Waals surface area (Å²) < 4.78 is 3.34. The summed E-state index contributed by atoms with van der Waals surface area (Å²) in [5.41, 5.74) is 14.7. The van der Waals surface area contributed by atoms with Crippen molar-refractivity contribution in [2.24, 2.45) is 11.3 Å². The first-order valence-corrected chi connectivity index (χ1v) is 19.8. The molecule has 0 spiro atoms. The number of rotatable bonds is 3. The molecule has 0 aromatic heterocycles. The average Bonchev–Trinajstić information content (AvgIpc) is 3.83. The van der Waals surface area contributed by atoms with E-state index in [4.69, 9.17) is 0 Å². The van der Waals surface area contributed by atoms with Gasteiger partial charge in [0.15, 0.2) is 0 Å². The van der Waals surface area contributed by atoms with Gasteiger partial charge in [0.2, 0.25) is 0 Å². The molecule has 1 atom stereocenters. The molecule has 0 N–H and O–H groups in total. The van der Waals surface area contributed by atoms with Crippen LogP contribution in [0.15, 0.2) is 157 Å². The van der Waals surface area contributed by atoms with Gasteiger partial charge in [0.1, 0.15) is 0 Å². The molecule has 6 aromatic rings. The molecular formula is C51H52Cl2Zr-4. The fraction of sp³-hybridized carbons (Fsp3) is 0.196. The number of benzene rings is 6. The van der Waals surface area contributed by atoms with Gasteiger partial charge in [0, 0.05) is 0 Å². The topological polar surface area (TPSA) is 0 Å². The third kappa shape index (κ3) is 14.1. The van der Waals surface area contributed by atoms with Crippen LogP contribution < -0.4 is 0 Å². The summed E-state index contributed by atoms with van der Waals surface area (Å²) >= 11 is 1.30. The molecule has 0 heterocycles. The largest absolute Gasteiger partial charge is 0.143 e. The minimum Gasteiger partial charge on any atom is -0.143 e. The Morgan fingerprint density at radius 3 is 1.61 bits per heavy atom. The van der Waals surface area contributed by atoms with Crippen molar-refractivity contribution in [1.82, 2.24) is 0 Å². The van der Waals surface area contributed by atoms with E-state index in [1.165, 1.54) is 91.9 Å². The van der Waals surface area contributed by atoms with Crippen molar-refractivity contribution < 1.29 is 24.2 Å². The number of allylic oxidation sites excluding steroid dienone is 4. The number of aryl methyl sites for hydroxylation is 2. The van der Waals surface area contributed by atoms with Crippen molar-refractivity contribution in [3.63, 3.8) is 0 Å². The van der Waals surface area contributed by atoms with E-state index in [9.17, 15) is 0 Å². The Labute approximate surface area is 353 Å². The Hall–Kier alpha value is -3.87. The first kappa shape index (κ1) is 46.3. The Morgan fingerprint density at radius 2 is 1.17 bits per heavy atom. The van der Waals surface area contributed by atoms with Gasteiger partial charge in [-0.25, -0.2) is 6.08 Å². The van der Waals surface area contributed by atoms with E-state index in [1.807, 2.05) is 48.5 Å². The first-order valence-electron chi connectivity index (χ1n) is 18.0. The van der Waals surface area contributed by atoms with Gasteiger partial charge in [-0.05, 0) is 23.1 Å². The Kier molecular flexibility index (Phi) is 20.4. The van der Waals surface area contributed by atoms with Crippen LogP contribution in [0, 0.1) is 49.5 Å². The third-order valence-electron chi connectivity index (χ3n) is 8.89. The summed E-state index contributed by atoms with van der Waals surface area (Å²) in [6, 6.07) is 57.6. The summed E-state index contributed by atoms with van der Waals surface area (Å²) in [5, 5.41) is 0. The predicted molar refractivity (Wildman–Crippen MR) is 235 cm³/mol. The quantitative estimate of drug-likeness (QED) is 0.156. The molecule has 2 aliphatic rings. The third-order valence-corrected chi connectivity index (χ3v) is 8.89. The monoisotopic (exact) mass is 824 g/mol. The molecule has 54 heavy (non-hydrogen) atoms. The van der Waals surface area contributed by atoms with Crippen molar-refractivity contribution in [1.29, 1.82) is 0 Å². The molecule has 278 valence electrons. The van der Waals surface area contributed by atoms with Gasteiger partial charge in [0.25, 0.3) is 0 Å². The molecule has 1 unspecified atom stereocenters. The maximum atomic E-state index is 3.65. The van der Waals surface area contributed by atoms with Gasteiger partial charge in [-0.2, -0.15) is 83.4 Å². The summed E-state index contributed by atoms with van der Waals surface area (Å²) in [6.07, 6.45) is 9.97.